The molecule has 110 valence electrons. The van der Waals surface area contributed by atoms with Gasteiger partial charge in [-0.1, -0.05) is 46.9 Å². The zero-order valence-corrected chi connectivity index (χ0v) is 13.1. The van der Waals surface area contributed by atoms with Gasteiger partial charge in [-0.05, 0) is 36.2 Å². The highest BCUT2D eigenvalue weighted by molar-refractivity contribution is 6.46. The van der Waals surface area contributed by atoms with Crippen molar-refractivity contribution in [3.8, 4) is 0 Å². The highest BCUT2D eigenvalue weighted by atomic mass is 35.5. The summed E-state index contributed by atoms with van der Waals surface area (Å²) >= 11 is 17.9. The zero-order valence-electron chi connectivity index (χ0n) is 10.9. The van der Waals surface area contributed by atoms with Crippen LogP contribution < -0.4 is 5.32 Å². The molecule has 0 radical (unpaired) electrons. The predicted molar refractivity (Wildman–Crippen MR) is 86.7 cm³/mol. The summed E-state index contributed by atoms with van der Waals surface area (Å²) in [5, 5.41) is 12.2. The number of aliphatic hydroxyl groups excluding tert-OH is 1. The van der Waals surface area contributed by atoms with Gasteiger partial charge in [-0.2, -0.15) is 0 Å². The van der Waals surface area contributed by atoms with Crippen LogP contribution in [0.5, 0.6) is 0 Å². The van der Waals surface area contributed by atoms with Gasteiger partial charge in [-0.15, -0.1) is 0 Å². The molecule has 0 heterocycles. The Kier molecular flexibility index (Phi) is 5.48. The van der Waals surface area contributed by atoms with Crippen LogP contribution in [-0.4, -0.2) is 17.6 Å². The van der Waals surface area contributed by atoms with Gasteiger partial charge in [0.25, 0.3) is 5.91 Å². The quantitative estimate of drug-likeness (QED) is 0.806. The van der Waals surface area contributed by atoms with Gasteiger partial charge in [-0.3, -0.25) is 4.79 Å². The topological polar surface area (TPSA) is 49.3 Å². The van der Waals surface area contributed by atoms with Gasteiger partial charge < -0.3 is 10.4 Å². The predicted octanol–water partition coefficient (Wildman–Crippen LogP) is 4.43. The summed E-state index contributed by atoms with van der Waals surface area (Å²) in [7, 11) is 0. The monoisotopic (exact) mass is 343 g/mol. The minimum Gasteiger partial charge on any atom is -0.396 e. The molecule has 0 aliphatic heterocycles. The van der Waals surface area contributed by atoms with Crippen molar-refractivity contribution in [2.75, 3.05) is 11.9 Å². The van der Waals surface area contributed by atoms with E-state index < -0.39 is 5.91 Å². The molecule has 6 heteroatoms. The van der Waals surface area contributed by atoms with E-state index in [2.05, 4.69) is 5.32 Å². The van der Waals surface area contributed by atoms with E-state index in [0.29, 0.717) is 12.1 Å². The van der Waals surface area contributed by atoms with Crippen molar-refractivity contribution in [1.82, 2.24) is 0 Å². The fourth-order valence-corrected chi connectivity index (χ4v) is 2.51. The Bertz CT molecular complexity index is 657. The van der Waals surface area contributed by atoms with E-state index in [0.717, 1.165) is 5.56 Å². The number of anilines is 1. The first-order valence-electron chi connectivity index (χ1n) is 6.17. The van der Waals surface area contributed by atoms with E-state index in [4.69, 9.17) is 39.9 Å². The Morgan fingerprint density at radius 1 is 1.00 bits per heavy atom. The Labute approximate surface area is 137 Å². The fourth-order valence-electron chi connectivity index (χ4n) is 1.81. The standard InChI is InChI=1S/C15H12Cl3NO2/c16-11-5-6-12(17)14(18)13(11)15(21)19-10-3-1-9(2-4-10)7-8-20/h1-6,20H,7-8H2,(H,19,21). The summed E-state index contributed by atoms with van der Waals surface area (Å²) in [5.41, 5.74) is 1.73. The minimum absolute atomic E-state index is 0.0828. The molecule has 21 heavy (non-hydrogen) atoms. The lowest BCUT2D eigenvalue weighted by Gasteiger charge is -2.10. The average Bonchev–Trinajstić information content (AvgIpc) is 2.46. The molecule has 0 unspecified atom stereocenters. The third-order valence-electron chi connectivity index (χ3n) is 2.88. The van der Waals surface area contributed by atoms with Crippen LogP contribution in [-0.2, 0) is 6.42 Å². The van der Waals surface area contributed by atoms with Crippen LogP contribution in [0.3, 0.4) is 0 Å². The molecule has 0 saturated carbocycles. The van der Waals surface area contributed by atoms with Crippen molar-refractivity contribution in [2.24, 2.45) is 0 Å². The van der Waals surface area contributed by atoms with E-state index >= 15 is 0 Å². The van der Waals surface area contributed by atoms with Crippen LogP contribution in [0.4, 0.5) is 5.69 Å². The molecule has 0 aliphatic carbocycles. The van der Waals surface area contributed by atoms with E-state index in [1.807, 2.05) is 12.1 Å². The van der Waals surface area contributed by atoms with E-state index in [-0.39, 0.29) is 27.2 Å². The molecule has 2 N–H and O–H groups in total. The van der Waals surface area contributed by atoms with Crippen molar-refractivity contribution >= 4 is 46.4 Å². The summed E-state index contributed by atoms with van der Waals surface area (Å²) in [5.74, 6) is -0.428. The third-order valence-corrected chi connectivity index (χ3v) is 4.00. The van der Waals surface area contributed by atoms with Crippen molar-refractivity contribution < 1.29 is 9.90 Å². The maximum absolute atomic E-state index is 12.2. The van der Waals surface area contributed by atoms with Crippen molar-refractivity contribution in [1.29, 1.82) is 0 Å². The molecule has 0 aliphatic rings. The molecule has 3 nitrogen and oxygen atoms in total. The van der Waals surface area contributed by atoms with Crippen LogP contribution in [0.2, 0.25) is 15.1 Å². The number of hydrogen-bond donors (Lipinski definition) is 2. The van der Waals surface area contributed by atoms with Crippen molar-refractivity contribution in [2.45, 2.75) is 6.42 Å². The lowest BCUT2D eigenvalue weighted by molar-refractivity contribution is 0.102. The Morgan fingerprint density at radius 3 is 2.24 bits per heavy atom. The van der Waals surface area contributed by atoms with Crippen LogP contribution >= 0.6 is 34.8 Å². The lowest BCUT2D eigenvalue weighted by Crippen LogP contribution is -2.13. The number of carbonyl (C=O) groups excluding carboxylic acids is 1. The van der Waals surface area contributed by atoms with Crippen LogP contribution in [0.25, 0.3) is 0 Å². The van der Waals surface area contributed by atoms with Crippen LogP contribution in [0.15, 0.2) is 36.4 Å². The van der Waals surface area contributed by atoms with Crippen molar-refractivity contribution in [3.63, 3.8) is 0 Å². The Balaban J connectivity index is 2.20. The second kappa shape index (κ2) is 7.14. The fraction of sp³-hybridized carbons (Fsp3) is 0.133. The molecule has 2 aromatic carbocycles. The molecule has 1 amide bonds. The van der Waals surface area contributed by atoms with E-state index in [1.54, 1.807) is 12.1 Å². The second-order valence-corrected chi connectivity index (χ2v) is 5.54. The third kappa shape index (κ3) is 3.89. The highest BCUT2D eigenvalue weighted by Gasteiger charge is 2.17. The second-order valence-electron chi connectivity index (χ2n) is 4.34. The molecule has 2 rings (SSSR count). The van der Waals surface area contributed by atoms with Gasteiger partial charge in [0, 0.05) is 12.3 Å². The Hall–Kier alpha value is -1.26. The van der Waals surface area contributed by atoms with Gasteiger partial charge in [-0.25, -0.2) is 0 Å². The van der Waals surface area contributed by atoms with E-state index in [1.165, 1.54) is 12.1 Å². The zero-order chi connectivity index (χ0) is 15.4. The highest BCUT2D eigenvalue weighted by Crippen LogP contribution is 2.31. The smallest absolute Gasteiger partial charge is 0.258 e. The molecular formula is C15H12Cl3NO2. The number of aliphatic hydroxyl groups is 1. The molecule has 0 atom stereocenters. The van der Waals surface area contributed by atoms with Gasteiger partial charge in [0.15, 0.2) is 0 Å². The van der Waals surface area contributed by atoms with Crippen molar-refractivity contribution in [3.05, 3.63) is 62.6 Å². The molecule has 2 aromatic rings. The maximum atomic E-state index is 12.2. The summed E-state index contributed by atoms with van der Waals surface area (Å²) in [6, 6.07) is 10.2. The molecule has 0 fully saturated rings. The number of rotatable bonds is 4. The normalized spacial score (nSPS) is 10.5. The number of hydrogen-bond acceptors (Lipinski definition) is 2. The molecule has 0 aromatic heterocycles. The first kappa shape index (κ1) is 16.1. The summed E-state index contributed by atoms with van der Waals surface area (Å²) < 4.78 is 0. The van der Waals surface area contributed by atoms with Gasteiger partial charge in [0.05, 0.1) is 20.6 Å². The number of amides is 1. The van der Waals surface area contributed by atoms with Gasteiger partial charge >= 0.3 is 0 Å². The summed E-state index contributed by atoms with van der Waals surface area (Å²) in [6.07, 6.45) is 0.570. The van der Waals surface area contributed by atoms with Crippen LogP contribution in [0, 0.1) is 0 Å². The number of nitrogens with one attached hydrogen (secondary N) is 1. The first-order valence-corrected chi connectivity index (χ1v) is 7.31. The minimum atomic E-state index is -0.428. The molecule has 0 saturated heterocycles. The molecular weight excluding hydrogens is 333 g/mol. The maximum Gasteiger partial charge on any atom is 0.258 e. The molecule has 0 bridgehead atoms. The number of halogens is 3. The summed E-state index contributed by atoms with van der Waals surface area (Å²) in [6.45, 7) is 0.0828. The number of benzene rings is 2. The first-order chi connectivity index (χ1) is 10.0. The molecule has 0 spiro atoms. The largest absolute Gasteiger partial charge is 0.396 e. The summed E-state index contributed by atoms with van der Waals surface area (Å²) in [4.78, 5) is 12.2. The lowest BCUT2D eigenvalue weighted by atomic mass is 10.1. The Morgan fingerprint density at radius 2 is 1.62 bits per heavy atom. The SMILES string of the molecule is O=C(Nc1ccc(CCO)cc1)c1c(Cl)ccc(Cl)c1Cl. The average molecular weight is 345 g/mol. The van der Waals surface area contributed by atoms with Gasteiger partial charge in [0.1, 0.15) is 0 Å². The number of carbonyl (C=O) groups is 1. The van der Waals surface area contributed by atoms with E-state index in [9.17, 15) is 4.79 Å². The van der Waals surface area contributed by atoms with Gasteiger partial charge in [0.2, 0.25) is 0 Å². The van der Waals surface area contributed by atoms with Crippen LogP contribution in [0.1, 0.15) is 15.9 Å².